The zero-order chi connectivity index (χ0) is 14.3. The Kier molecular flexibility index (Phi) is 7.21. The minimum Gasteiger partial charge on any atom is -0.487 e. The van der Waals surface area contributed by atoms with Crippen LogP contribution in [0, 0.1) is 12.8 Å². The van der Waals surface area contributed by atoms with Gasteiger partial charge < -0.3 is 14.8 Å². The van der Waals surface area contributed by atoms with Crippen molar-refractivity contribution in [2.24, 2.45) is 5.92 Å². The minimum absolute atomic E-state index is 0.00401. The zero-order valence-electron chi connectivity index (χ0n) is 12.2. The van der Waals surface area contributed by atoms with Crippen LogP contribution in [0.5, 0.6) is 5.75 Å². The molecule has 0 fully saturated rings. The van der Waals surface area contributed by atoms with E-state index in [2.05, 4.69) is 19.2 Å². The summed E-state index contributed by atoms with van der Waals surface area (Å²) in [6.45, 7) is 8.64. The molecular formula is C15H24ClNO2. The highest BCUT2D eigenvalue weighted by Gasteiger charge is 2.11. The van der Waals surface area contributed by atoms with Crippen LogP contribution in [0.4, 0.5) is 0 Å². The van der Waals surface area contributed by atoms with Crippen molar-refractivity contribution < 1.29 is 9.47 Å². The Morgan fingerprint density at radius 3 is 2.58 bits per heavy atom. The number of hydrogen-bond donors (Lipinski definition) is 1. The second-order valence-electron chi connectivity index (χ2n) is 5.16. The maximum absolute atomic E-state index is 6.00. The molecule has 19 heavy (non-hydrogen) atoms. The van der Waals surface area contributed by atoms with E-state index < -0.39 is 0 Å². The van der Waals surface area contributed by atoms with Gasteiger partial charge in [0.05, 0.1) is 6.61 Å². The summed E-state index contributed by atoms with van der Waals surface area (Å²) in [4.78, 5) is 0. The highest BCUT2D eigenvalue weighted by Crippen LogP contribution is 2.21. The van der Waals surface area contributed by atoms with E-state index in [0.717, 1.165) is 29.4 Å². The molecule has 1 N–H and O–H groups in total. The van der Waals surface area contributed by atoms with E-state index in [4.69, 9.17) is 21.1 Å². The highest BCUT2D eigenvalue weighted by atomic mass is 35.5. The van der Waals surface area contributed by atoms with Crippen molar-refractivity contribution in [2.45, 2.75) is 26.9 Å². The van der Waals surface area contributed by atoms with Gasteiger partial charge in [-0.05, 0) is 43.1 Å². The van der Waals surface area contributed by atoms with Crippen LogP contribution in [0.1, 0.15) is 19.4 Å². The molecule has 0 aliphatic carbocycles. The summed E-state index contributed by atoms with van der Waals surface area (Å²) in [5.74, 6) is 1.45. The second kappa shape index (κ2) is 8.41. The lowest BCUT2D eigenvalue weighted by atomic mass is 10.2. The largest absolute Gasteiger partial charge is 0.487 e. The van der Waals surface area contributed by atoms with E-state index in [1.807, 2.05) is 25.1 Å². The van der Waals surface area contributed by atoms with E-state index in [0.29, 0.717) is 12.5 Å². The summed E-state index contributed by atoms with van der Waals surface area (Å²) in [6, 6.07) is 5.70. The summed E-state index contributed by atoms with van der Waals surface area (Å²) in [5, 5.41) is 4.14. The Hall–Kier alpha value is -0.770. The number of rotatable bonds is 8. The molecule has 0 saturated carbocycles. The fourth-order valence-electron chi connectivity index (χ4n) is 1.74. The SMILES string of the molecule is COCC(CNCC(C)C)Oc1ccc(Cl)c(C)c1. The van der Waals surface area contributed by atoms with Crippen LogP contribution in [0.3, 0.4) is 0 Å². The van der Waals surface area contributed by atoms with Crippen molar-refractivity contribution in [3.63, 3.8) is 0 Å². The highest BCUT2D eigenvalue weighted by molar-refractivity contribution is 6.31. The van der Waals surface area contributed by atoms with Crippen LogP contribution in [0.15, 0.2) is 18.2 Å². The smallest absolute Gasteiger partial charge is 0.134 e. The molecule has 1 rings (SSSR count). The monoisotopic (exact) mass is 285 g/mol. The van der Waals surface area contributed by atoms with Gasteiger partial charge in [0.15, 0.2) is 0 Å². The van der Waals surface area contributed by atoms with Crippen molar-refractivity contribution in [2.75, 3.05) is 26.8 Å². The quantitative estimate of drug-likeness (QED) is 0.795. The first-order chi connectivity index (χ1) is 9.02. The first-order valence-corrected chi connectivity index (χ1v) is 7.03. The van der Waals surface area contributed by atoms with Gasteiger partial charge in [-0.3, -0.25) is 0 Å². The molecule has 0 spiro atoms. The molecule has 1 aromatic rings. The molecule has 4 heteroatoms. The van der Waals surface area contributed by atoms with Gasteiger partial charge in [0, 0.05) is 18.7 Å². The van der Waals surface area contributed by atoms with E-state index in [1.54, 1.807) is 7.11 Å². The van der Waals surface area contributed by atoms with Crippen molar-refractivity contribution in [1.82, 2.24) is 5.32 Å². The number of methoxy groups -OCH3 is 1. The summed E-state index contributed by atoms with van der Waals surface area (Å²) >= 11 is 6.00. The Balaban J connectivity index is 2.54. The zero-order valence-corrected chi connectivity index (χ0v) is 13.0. The maximum Gasteiger partial charge on any atom is 0.134 e. The van der Waals surface area contributed by atoms with Crippen LogP contribution in [-0.2, 0) is 4.74 Å². The molecule has 0 heterocycles. The first kappa shape index (κ1) is 16.3. The van der Waals surface area contributed by atoms with Gasteiger partial charge in [-0.25, -0.2) is 0 Å². The molecule has 3 nitrogen and oxygen atoms in total. The van der Waals surface area contributed by atoms with Crippen LogP contribution >= 0.6 is 11.6 Å². The van der Waals surface area contributed by atoms with Gasteiger partial charge in [0.25, 0.3) is 0 Å². The molecule has 0 amide bonds. The average Bonchev–Trinajstić information content (AvgIpc) is 2.33. The minimum atomic E-state index is 0.00401. The number of hydrogen-bond acceptors (Lipinski definition) is 3. The van der Waals surface area contributed by atoms with Crippen LogP contribution in [0.2, 0.25) is 5.02 Å². The van der Waals surface area contributed by atoms with Gasteiger partial charge in [-0.15, -0.1) is 0 Å². The molecule has 0 aliphatic rings. The topological polar surface area (TPSA) is 30.5 Å². The molecule has 0 radical (unpaired) electrons. The number of halogens is 1. The van der Waals surface area contributed by atoms with Gasteiger partial charge in [-0.2, -0.15) is 0 Å². The third-order valence-corrected chi connectivity index (χ3v) is 3.13. The summed E-state index contributed by atoms with van der Waals surface area (Å²) < 4.78 is 11.1. The Morgan fingerprint density at radius 2 is 2.00 bits per heavy atom. The molecule has 0 aliphatic heterocycles. The summed E-state index contributed by atoms with van der Waals surface area (Å²) in [5.41, 5.74) is 1.02. The van der Waals surface area contributed by atoms with Crippen molar-refractivity contribution >= 4 is 11.6 Å². The number of aryl methyl sites for hydroxylation is 1. The third kappa shape index (κ3) is 6.28. The third-order valence-electron chi connectivity index (χ3n) is 2.71. The van der Waals surface area contributed by atoms with Crippen molar-refractivity contribution in [1.29, 1.82) is 0 Å². The molecule has 0 bridgehead atoms. The number of nitrogens with one attached hydrogen (secondary N) is 1. The lowest BCUT2D eigenvalue weighted by molar-refractivity contribution is 0.0802. The number of ether oxygens (including phenoxy) is 2. The fraction of sp³-hybridized carbons (Fsp3) is 0.600. The van der Waals surface area contributed by atoms with Gasteiger partial charge >= 0.3 is 0 Å². The van der Waals surface area contributed by atoms with Crippen LogP contribution < -0.4 is 10.1 Å². The van der Waals surface area contributed by atoms with E-state index in [1.165, 1.54) is 0 Å². The molecular weight excluding hydrogens is 262 g/mol. The van der Waals surface area contributed by atoms with E-state index >= 15 is 0 Å². The molecule has 0 saturated heterocycles. The predicted octanol–water partition coefficient (Wildman–Crippen LogP) is 3.29. The van der Waals surface area contributed by atoms with E-state index in [-0.39, 0.29) is 6.10 Å². The van der Waals surface area contributed by atoms with Crippen molar-refractivity contribution in [3.05, 3.63) is 28.8 Å². The van der Waals surface area contributed by atoms with Gasteiger partial charge in [0.2, 0.25) is 0 Å². The van der Waals surface area contributed by atoms with Gasteiger partial charge in [-0.1, -0.05) is 25.4 Å². The maximum atomic E-state index is 6.00. The predicted molar refractivity (Wildman–Crippen MR) is 80.2 cm³/mol. The van der Waals surface area contributed by atoms with Crippen LogP contribution in [-0.4, -0.2) is 32.9 Å². The molecule has 0 aromatic heterocycles. The average molecular weight is 286 g/mol. The standard InChI is InChI=1S/C15H24ClNO2/c1-11(2)8-17-9-14(10-18-4)19-13-5-6-15(16)12(3)7-13/h5-7,11,14,17H,8-10H2,1-4H3. The van der Waals surface area contributed by atoms with Crippen molar-refractivity contribution in [3.8, 4) is 5.75 Å². The Labute approximate surface area is 121 Å². The second-order valence-corrected chi connectivity index (χ2v) is 5.57. The van der Waals surface area contributed by atoms with Crippen LogP contribution in [0.25, 0.3) is 0 Å². The summed E-state index contributed by atoms with van der Waals surface area (Å²) in [6.07, 6.45) is 0.00401. The van der Waals surface area contributed by atoms with E-state index in [9.17, 15) is 0 Å². The molecule has 1 unspecified atom stereocenters. The molecule has 1 atom stereocenters. The fourth-order valence-corrected chi connectivity index (χ4v) is 1.85. The number of benzene rings is 1. The Morgan fingerprint density at radius 1 is 1.26 bits per heavy atom. The molecule has 1 aromatic carbocycles. The molecule has 108 valence electrons. The first-order valence-electron chi connectivity index (χ1n) is 6.65. The lowest BCUT2D eigenvalue weighted by Gasteiger charge is -2.20. The lowest BCUT2D eigenvalue weighted by Crippen LogP contribution is -2.36. The Bertz CT molecular complexity index is 382. The normalized spacial score (nSPS) is 12.7. The summed E-state index contributed by atoms with van der Waals surface area (Å²) in [7, 11) is 1.69. The van der Waals surface area contributed by atoms with Gasteiger partial charge in [0.1, 0.15) is 11.9 Å².